The minimum absolute atomic E-state index is 0.579. The Labute approximate surface area is 77.3 Å². The van der Waals surface area contributed by atoms with Crippen LogP contribution in [0.25, 0.3) is 0 Å². The lowest BCUT2D eigenvalue weighted by molar-refractivity contribution is 0.303. The molecule has 0 aromatic heterocycles. The van der Waals surface area contributed by atoms with E-state index in [1.807, 2.05) is 0 Å². The van der Waals surface area contributed by atoms with Crippen molar-refractivity contribution < 1.29 is 9.42 Å². The van der Waals surface area contributed by atoms with Crippen molar-refractivity contribution in [2.75, 3.05) is 6.61 Å². The van der Waals surface area contributed by atoms with Gasteiger partial charge in [-0.2, -0.15) is 0 Å². The highest BCUT2D eigenvalue weighted by Crippen LogP contribution is 2.19. The van der Waals surface area contributed by atoms with E-state index in [4.69, 9.17) is 10.4 Å². The Morgan fingerprint density at radius 1 is 1.17 bits per heavy atom. The minimum atomic E-state index is -1.61. The Morgan fingerprint density at radius 2 is 1.67 bits per heavy atom. The first-order valence-electron chi connectivity index (χ1n) is 4.55. The number of unbranched alkanes of at least 4 members (excludes halogenated alkanes) is 2. The van der Waals surface area contributed by atoms with Gasteiger partial charge in [-0.05, 0) is 6.42 Å². The van der Waals surface area contributed by atoms with Crippen molar-refractivity contribution >= 4 is 8.53 Å². The average molecular weight is 195 g/mol. The molecule has 0 aliphatic carbocycles. The van der Waals surface area contributed by atoms with Crippen LogP contribution in [0.1, 0.15) is 46.5 Å². The molecule has 0 aromatic rings. The lowest BCUT2D eigenvalue weighted by Gasteiger charge is -2.01. The van der Waals surface area contributed by atoms with Gasteiger partial charge in [-0.15, -0.1) is 0 Å². The van der Waals surface area contributed by atoms with E-state index in [0.29, 0.717) is 6.61 Å². The highest BCUT2D eigenvalue weighted by atomic mass is 31.2. The molecule has 12 heavy (non-hydrogen) atoms. The van der Waals surface area contributed by atoms with E-state index < -0.39 is 8.53 Å². The summed E-state index contributed by atoms with van der Waals surface area (Å²) >= 11 is 0. The van der Waals surface area contributed by atoms with Gasteiger partial charge < -0.3 is 9.42 Å². The van der Waals surface area contributed by atoms with Crippen LogP contribution in [0.3, 0.4) is 0 Å². The van der Waals surface area contributed by atoms with E-state index in [1.165, 1.54) is 12.8 Å². The second-order valence-corrected chi connectivity index (χ2v) is 3.35. The third-order valence-electron chi connectivity index (χ3n) is 1.22. The van der Waals surface area contributed by atoms with E-state index in [0.717, 1.165) is 12.8 Å². The van der Waals surface area contributed by atoms with Crippen LogP contribution in [0, 0.1) is 0 Å². The minimum Gasteiger partial charge on any atom is -0.338 e. The van der Waals surface area contributed by atoms with Gasteiger partial charge in [-0.25, -0.2) is 0 Å². The van der Waals surface area contributed by atoms with Crippen LogP contribution >= 0.6 is 8.53 Å². The van der Waals surface area contributed by atoms with Gasteiger partial charge in [0.05, 0.1) is 6.61 Å². The van der Waals surface area contributed by atoms with E-state index in [9.17, 15) is 0 Å². The fourth-order valence-corrected chi connectivity index (χ4v) is 0.619. The lowest BCUT2D eigenvalue weighted by atomic mass is 10.4. The van der Waals surface area contributed by atoms with Crippen molar-refractivity contribution in [2.24, 2.45) is 5.50 Å². The number of hydrogen-bond acceptors (Lipinski definition) is 3. The van der Waals surface area contributed by atoms with Gasteiger partial charge in [-0.3, -0.25) is 5.50 Å². The van der Waals surface area contributed by atoms with E-state index in [-0.39, 0.29) is 0 Å². The molecule has 0 aliphatic heterocycles. The molecule has 0 aromatic carbocycles. The highest BCUT2D eigenvalue weighted by Gasteiger charge is 1.92. The molecule has 0 saturated carbocycles. The van der Waals surface area contributed by atoms with Crippen molar-refractivity contribution in [3.8, 4) is 0 Å². The van der Waals surface area contributed by atoms with Crippen molar-refractivity contribution in [1.82, 2.24) is 0 Å². The zero-order valence-corrected chi connectivity index (χ0v) is 9.31. The molecule has 0 spiro atoms. The molecular weight excluding hydrogens is 173 g/mol. The molecule has 76 valence electrons. The molecule has 0 bridgehead atoms. The monoisotopic (exact) mass is 195 g/mol. The Hall–Kier alpha value is 0.310. The summed E-state index contributed by atoms with van der Waals surface area (Å²) in [6, 6.07) is 0. The molecule has 1 unspecified atom stereocenters. The Kier molecular flexibility index (Phi) is 17.1. The maximum absolute atomic E-state index is 8.40. The fraction of sp³-hybridized carbons (Fsp3) is 1.00. The molecule has 0 radical (unpaired) electrons. The highest BCUT2D eigenvalue weighted by molar-refractivity contribution is 7.43. The maximum atomic E-state index is 8.40. The lowest BCUT2D eigenvalue weighted by Crippen LogP contribution is -1.93. The van der Waals surface area contributed by atoms with Crippen LogP contribution in [-0.2, 0) is 4.52 Å². The predicted molar refractivity (Wildman–Crippen MR) is 54.8 cm³/mol. The SMILES string of the molecule is CCCC.CCCCOP(N)O. The summed E-state index contributed by atoms with van der Waals surface area (Å²) < 4.78 is 4.68. The van der Waals surface area contributed by atoms with Crippen LogP contribution in [0.5, 0.6) is 0 Å². The first kappa shape index (κ1) is 14.8. The van der Waals surface area contributed by atoms with E-state index in [1.54, 1.807) is 0 Å². The van der Waals surface area contributed by atoms with Crippen LogP contribution in [-0.4, -0.2) is 11.5 Å². The van der Waals surface area contributed by atoms with Crippen LogP contribution in [0.2, 0.25) is 0 Å². The summed E-state index contributed by atoms with van der Waals surface area (Å²) in [6.45, 7) is 6.99. The van der Waals surface area contributed by atoms with E-state index >= 15 is 0 Å². The van der Waals surface area contributed by atoms with Crippen LogP contribution in [0.4, 0.5) is 0 Å². The van der Waals surface area contributed by atoms with Crippen LogP contribution in [0.15, 0.2) is 0 Å². The Bertz CT molecular complexity index is 70.1. The molecule has 0 amide bonds. The summed E-state index contributed by atoms with van der Waals surface area (Å²) in [4.78, 5) is 8.40. The molecule has 0 aliphatic rings. The largest absolute Gasteiger partial charge is 0.338 e. The standard InChI is InChI=1S/C4H12NO2P.C4H10/c1-2-3-4-7-8(5)6;1-3-4-2/h6H,2-5H2,1H3;3-4H2,1-2H3. The molecule has 3 N–H and O–H groups in total. The number of rotatable bonds is 5. The molecule has 0 rings (SSSR count). The summed E-state index contributed by atoms with van der Waals surface area (Å²) in [5, 5.41) is 0. The zero-order chi connectivity index (χ0) is 9.82. The molecule has 1 atom stereocenters. The predicted octanol–water partition coefficient (Wildman–Crippen LogP) is 2.79. The van der Waals surface area contributed by atoms with Gasteiger partial charge in [0.2, 0.25) is 8.53 Å². The van der Waals surface area contributed by atoms with E-state index in [2.05, 4.69) is 25.3 Å². The number of nitrogens with two attached hydrogens (primary N) is 1. The summed E-state index contributed by atoms with van der Waals surface area (Å²) in [5.41, 5.74) is 4.93. The third-order valence-corrected chi connectivity index (χ3v) is 1.67. The topological polar surface area (TPSA) is 55.5 Å². The first-order valence-corrected chi connectivity index (χ1v) is 5.83. The van der Waals surface area contributed by atoms with Gasteiger partial charge in [-0.1, -0.05) is 40.0 Å². The van der Waals surface area contributed by atoms with Gasteiger partial charge in [0.1, 0.15) is 0 Å². The summed E-state index contributed by atoms with van der Waals surface area (Å²) in [6.07, 6.45) is 4.68. The Balaban J connectivity index is 0. The maximum Gasteiger partial charge on any atom is 0.250 e. The normalized spacial score (nSPS) is 11.8. The molecule has 0 fully saturated rings. The Morgan fingerprint density at radius 3 is 1.92 bits per heavy atom. The van der Waals surface area contributed by atoms with Crippen molar-refractivity contribution in [1.29, 1.82) is 0 Å². The van der Waals surface area contributed by atoms with Crippen molar-refractivity contribution in [2.45, 2.75) is 46.5 Å². The summed E-state index contributed by atoms with van der Waals surface area (Å²) in [5.74, 6) is 0. The van der Waals surface area contributed by atoms with Gasteiger partial charge in [0.15, 0.2) is 0 Å². The smallest absolute Gasteiger partial charge is 0.250 e. The average Bonchev–Trinajstić information content (AvgIpc) is 2.05. The van der Waals surface area contributed by atoms with Crippen molar-refractivity contribution in [3.05, 3.63) is 0 Å². The molecule has 4 heteroatoms. The summed E-state index contributed by atoms with van der Waals surface area (Å²) in [7, 11) is -1.61. The van der Waals surface area contributed by atoms with Gasteiger partial charge in [0.25, 0.3) is 0 Å². The quantitative estimate of drug-likeness (QED) is 0.524. The second-order valence-electron chi connectivity index (χ2n) is 2.49. The van der Waals surface area contributed by atoms with Gasteiger partial charge in [0, 0.05) is 0 Å². The fourth-order valence-electron chi connectivity index (χ4n) is 0.302. The van der Waals surface area contributed by atoms with Gasteiger partial charge >= 0.3 is 0 Å². The number of hydrogen-bond donors (Lipinski definition) is 2. The molecule has 3 nitrogen and oxygen atoms in total. The first-order chi connectivity index (χ1) is 5.68. The molecular formula is C8H22NO2P. The zero-order valence-electron chi connectivity index (χ0n) is 8.42. The molecule has 0 heterocycles. The second kappa shape index (κ2) is 13.9. The van der Waals surface area contributed by atoms with Crippen LogP contribution < -0.4 is 5.50 Å². The third kappa shape index (κ3) is 22.4. The molecule has 0 saturated heterocycles. The van der Waals surface area contributed by atoms with Crippen molar-refractivity contribution in [3.63, 3.8) is 0 Å².